The van der Waals surface area contributed by atoms with E-state index < -0.39 is 30.4 Å². The lowest BCUT2D eigenvalue weighted by atomic mass is 9.97. The number of aromatic nitrogens is 5. The molecule has 2 heterocycles. The molecule has 0 bridgehead atoms. The third-order valence-electron chi connectivity index (χ3n) is 5.32. The van der Waals surface area contributed by atoms with Gasteiger partial charge >= 0.3 is 0 Å². The predicted molar refractivity (Wildman–Crippen MR) is 126 cm³/mol. The Kier molecular flexibility index (Phi) is 8.26. The van der Waals surface area contributed by atoms with Crippen LogP contribution in [0.4, 0.5) is 16.3 Å². The highest BCUT2D eigenvalue weighted by atomic mass is 19.1. The molecular weight excluding hydrogens is 455 g/mol. The average molecular weight is 484 g/mol. The molecule has 35 heavy (non-hydrogen) atoms. The molecule has 3 rings (SSSR count). The van der Waals surface area contributed by atoms with E-state index in [1.807, 2.05) is 13.8 Å². The van der Waals surface area contributed by atoms with Gasteiger partial charge in [0.05, 0.1) is 23.6 Å². The average Bonchev–Trinajstić information content (AvgIpc) is 3.22. The molecule has 0 fully saturated rings. The number of hydrogen-bond donors (Lipinski definition) is 2. The van der Waals surface area contributed by atoms with Gasteiger partial charge in [0, 0.05) is 44.0 Å². The molecule has 0 radical (unpaired) electrons. The monoisotopic (exact) mass is 483 g/mol. The van der Waals surface area contributed by atoms with Crippen LogP contribution in [0.25, 0.3) is 17.3 Å². The van der Waals surface area contributed by atoms with Gasteiger partial charge in [0.2, 0.25) is 11.9 Å². The Morgan fingerprint density at radius 3 is 2.49 bits per heavy atom. The van der Waals surface area contributed by atoms with Gasteiger partial charge in [-0.05, 0) is 30.2 Å². The second-order valence-corrected chi connectivity index (χ2v) is 8.47. The minimum absolute atomic E-state index is 0.0516. The van der Waals surface area contributed by atoms with Gasteiger partial charge in [0.15, 0.2) is 0 Å². The molecule has 0 spiro atoms. The Balaban J connectivity index is 2.09. The molecule has 2 atom stereocenters. The van der Waals surface area contributed by atoms with Crippen molar-refractivity contribution in [2.24, 2.45) is 7.05 Å². The quantitative estimate of drug-likeness (QED) is 0.440. The van der Waals surface area contributed by atoms with Crippen LogP contribution in [0.1, 0.15) is 43.9 Å². The van der Waals surface area contributed by atoms with E-state index in [4.69, 9.17) is 9.97 Å². The van der Waals surface area contributed by atoms with Crippen LogP contribution in [0.3, 0.4) is 0 Å². The lowest BCUT2D eigenvalue weighted by Crippen LogP contribution is -2.29. The van der Waals surface area contributed by atoms with E-state index in [0.29, 0.717) is 34.4 Å². The number of rotatable bonds is 10. The maximum Gasteiger partial charge on any atom is 0.232 e. The van der Waals surface area contributed by atoms with E-state index in [1.54, 1.807) is 41.9 Å². The number of carbonyl (C=O) groups is 1. The number of hydrogen-bond acceptors (Lipinski definition) is 9. The van der Waals surface area contributed by atoms with Gasteiger partial charge < -0.3 is 20.1 Å². The summed E-state index contributed by atoms with van der Waals surface area (Å²) in [6, 6.07) is 5.87. The zero-order valence-corrected chi connectivity index (χ0v) is 20.0. The smallest absolute Gasteiger partial charge is 0.232 e. The summed E-state index contributed by atoms with van der Waals surface area (Å²) in [6.07, 6.45) is 1.38. The van der Waals surface area contributed by atoms with Gasteiger partial charge in [-0.1, -0.05) is 26.0 Å². The Morgan fingerprint density at radius 1 is 1.23 bits per heavy atom. The maximum absolute atomic E-state index is 13.6. The van der Waals surface area contributed by atoms with E-state index in [1.165, 1.54) is 24.5 Å². The molecule has 3 aromatic rings. The molecular formula is C24H28FN6O4-. The fraction of sp³-hybridized carbons (Fsp3) is 0.375. The topological polar surface area (TPSA) is 140 Å². The van der Waals surface area contributed by atoms with E-state index in [2.05, 4.69) is 10.1 Å². The standard InChI is InChI=1S/C24H29FN6O4/c1-14(2)21-19(10-9-17(32)11-18(33)12-20(34)35)22(15-5-7-16(25)8-6-15)29-23(28-21)30(3)24-26-13-27-31(24)4/h5-10,13-14,17-18,32-33H,11-12H2,1-4H3,(H,34,35)/p-1/b10-9+/t17-,18?/m1/s1. The molecule has 0 aliphatic carbocycles. The summed E-state index contributed by atoms with van der Waals surface area (Å²) in [7, 11) is 3.51. The minimum Gasteiger partial charge on any atom is -0.550 e. The fourth-order valence-corrected chi connectivity index (χ4v) is 3.58. The molecule has 11 heteroatoms. The first-order valence-corrected chi connectivity index (χ1v) is 11.1. The Morgan fingerprint density at radius 2 is 1.91 bits per heavy atom. The Hall–Kier alpha value is -3.70. The number of benzene rings is 1. The van der Waals surface area contributed by atoms with Gasteiger partial charge in [0.25, 0.3) is 0 Å². The van der Waals surface area contributed by atoms with Crippen LogP contribution in [0.15, 0.2) is 36.7 Å². The third-order valence-corrected chi connectivity index (χ3v) is 5.32. The second-order valence-electron chi connectivity index (χ2n) is 8.47. The van der Waals surface area contributed by atoms with E-state index in [9.17, 15) is 24.5 Å². The normalized spacial score (nSPS) is 13.4. The van der Waals surface area contributed by atoms with Crippen LogP contribution in [0, 0.1) is 5.82 Å². The zero-order valence-electron chi connectivity index (χ0n) is 20.0. The molecule has 0 saturated carbocycles. The number of carboxylic acid groups (broad SMARTS) is 1. The minimum atomic E-state index is -1.40. The van der Waals surface area contributed by atoms with Crippen molar-refractivity contribution in [3.05, 3.63) is 53.7 Å². The third kappa shape index (κ3) is 6.46. The number of anilines is 2. The van der Waals surface area contributed by atoms with Crippen molar-refractivity contribution in [1.29, 1.82) is 0 Å². The SMILES string of the molecule is CC(C)c1nc(N(C)c2ncnn2C)nc(-c2ccc(F)cc2)c1/C=C/[C@@H](O)CC(O)CC(=O)[O-]. The molecule has 0 aliphatic heterocycles. The van der Waals surface area contributed by atoms with Gasteiger partial charge in [-0.25, -0.2) is 19.0 Å². The van der Waals surface area contributed by atoms with Crippen molar-refractivity contribution in [1.82, 2.24) is 24.7 Å². The Bertz CT molecular complexity index is 1200. The van der Waals surface area contributed by atoms with Crippen molar-refractivity contribution in [2.75, 3.05) is 11.9 Å². The maximum atomic E-state index is 13.6. The van der Waals surface area contributed by atoms with Crippen molar-refractivity contribution >= 4 is 23.9 Å². The van der Waals surface area contributed by atoms with Crippen LogP contribution in [-0.2, 0) is 11.8 Å². The lowest BCUT2D eigenvalue weighted by Gasteiger charge is -2.21. The molecule has 1 aromatic carbocycles. The number of aliphatic hydroxyl groups is 2. The van der Waals surface area contributed by atoms with E-state index in [-0.39, 0.29) is 12.3 Å². The summed E-state index contributed by atoms with van der Waals surface area (Å²) in [4.78, 5) is 26.1. The van der Waals surface area contributed by atoms with Gasteiger partial charge in [-0.3, -0.25) is 4.90 Å². The summed E-state index contributed by atoms with van der Waals surface area (Å²) in [6.45, 7) is 3.92. The van der Waals surface area contributed by atoms with Crippen LogP contribution in [0.5, 0.6) is 0 Å². The van der Waals surface area contributed by atoms with Crippen molar-refractivity contribution in [2.45, 2.75) is 44.8 Å². The van der Waals surface area contributed by atoms with E-state index >= 15 is 0 Å². The molecule has 0 aliphatic rings. The highest BCUT2D eigenvalue weighted by Crippen LogP contribution is 2.32. The van der Waals surface area contributed by atoms with Crippen LogP contribution < -0.4 is 10.0 Å². The summed E-state index contributed by atoms with van der Waals surface area (Å²) < 4.78 is 15.2. The number of carbonyl (C=O) groups excluding carboxylic acids is 1. The molecule has 186 valence electrons. The van der Waals surface area contributed by atoms with Crippen molar-refractivity contribution < 1.29 is 24.5 Å². The summed E-state index contributed by atoms with van der Waals surface area (Å²) in [5.41, 5.74) is 2.41. The fourth-order valence-electron chi connectivity index (χ4n) is 3.58. The van der Waals surface area contributed by atoms with E-state index in [0.717, 1.165) is 0 Å². The molecule has 1 unspecified atom stereocenters. The largest absolute Gasteiger partial charge is 0.550 e. The number of aryl methyl sites for hydroxylation is 1. The van der Waals surface area contributed by atoms with Crippen molar-refractivity contribution in [3.63, 3.8) is 0 Å². The number of nitrogens with zero attached hydrogens (tertiary/aromatic N) is 6. The molecule has 2 N–H and O–H groups in total. The van der Waals surface area contributed by atoms with Crippen LogP contribution in [-0.4, -0.2) is 60.2 Å². The molecule has 0 amide bonds. The Labute approximate surface area is 202 Å². The van der Waals surface area contributed by atoms with Gasteiger partial charge in [0.1, 0.15) is 12.1 Å². The summed E-state index contributed by atoms with van der Waals surface area (Å²) in [5, 5.41) is 34.9. The second kappa shape index (κ2) is 11.2. The highest BCUT2D eigenvalue weighted by Gasteiger charge is 2.21. The number of aliphatic hydroxyl groups excluding tert-OH is 2. The molecule has 10 nitrogen and oxygen atoms in total. The molecule has 2 aromatic heterocycles. The van der Waals surface area contributed by atoms with Crippen LogP contribution in [0.2, 0.25) is 0 Å². The van der Waals surface area contributed by atoms with Crippen molar-refractivity contribution in [3.8, 4) is 11.3 Å². The van der Waals surface area contributed by atoms with Gasteiger partial charge in [-0.2, -0.15) is 10.1 Å². The number of carboxylic acids is 1. The molecule has 0 saturated heterocycles. The summed E-state index contributed by atoms with van der Waals surface area (Å²) >= 11 is 0. The number of halogens is 1. The first-order valence-electron chi connectivity index (χ1n) is 11.1. The predicted octanol–water partition coefficient (Wildman–Crippen LogP) is 1.57. The first-order chi connectivity index (χ1) is 16.6. The zero-order chi connectivity index (χ0) is 25.7. The lowest BCUT2D eigenvalue weighted by molar-refractivity contribution is -0.307. The van der Waals surface area contributed by atoms with Gasteiger partial charge in [-0.15, -0.1) is 0 Å². The highest BCUT2D eigenvalue weighted by molar-refractivity contribution is 5.75. The van der Waals surface area contributed by atoms with Crippen LogP contribution >= 0.6 is 0 Å². The number of aliphatic carboxylic acids is 1. The summed E-state index contributed by atoms with van der Waals surface area (Å²) in [5.74, 6) is -0.968. The first kappa shape index (κ1) is 25.9.